The summed E-state index contributed by atoms with van der Waals surface area (Å²) >= 11 is 1.57. The number of benzene rings is 1. The predicted molar refractivity (Wildman–Crippen MR) is 92.5 cm³/mol. The number of carbonyl (C=O) groups is 1. The molecule has 1 aromatic carbocycles. The Morgan fingerprint density at radius 2 is 2.21 bits per heavy atom. The fraction of sp³-hybridized carbons (Fsp3) is 0.471. The van der Waals surface area contributed by atoms with Crippen molar-refractivity contribution in [3.05, 3.63) is 35.3 Å². The van der Waals surface area contributed by atoms with E-state index in [1.165, 1.54) is 0 Å². The van der Waals surface area contributed by atoms with Crippen LogP contribution in [0.5, 0.6) is 5.75 Å². The zero-order valence-corrected chi connectivity index (χ0v) is 14.4. The van der Waals surface area contributed by atoms with Crippen molar-refractivity contribution in [3.8, 4) is 5.75 Å². The summed E-state index contributed by atoms with van der Waals surface area (Å²) in [5.74, 6) is 0.998. The molecule has 2 saturated heterocycles. The number of nitrogens with zero attached hydrogens (tertiary/aromatic N) is 4. The largest absolute Gasteiger partial charge is 0.497 e. The molecular weight excluding hydrogens is 324 g/mol. The highest BCUT2D eigenvalue weighted by Gasteiger charge is 2.45. The van der Waals surface area contributed by atoms with Crippen molar-refractivity contribution in [2.45, 2.75) is 31.3 Å². The lowest BCUT2D eigenvalue weighted by Gasteiger charge is -2.25. The van der Waals surface area contributed by atoms with Crippen LogP contribution in [0.3, 0.4) is 0 Å². The van der Waals surface area contributed by atoms with Gasteiger partial charge in [-0.15, -0.1) is 10.2 Å². The van der Waals surface area contributed by atoms with Gasteiger partial charge in [-0.1, -0.05) is 23.5 Å². The number of ether oxygens (including phenoxy) is 1. The van der Waals surface area contributed by atoms with Crippen LogP contribution in [0, 0.1) is 0 Å². The second kappa shape index (κ2) is 6.39. The Bertz CT molecular complexity index is 721. The maximum atomic E-state index is 12.8. The Balaban J connectivity index is 1.45. The van der Waals surface area contributed by atoms with Crippen LogP contribution in [-0.2, 0) is 11.2 Å². The van der Waals surface area contributed by atoms with Gasteiger partial charge in [-0.2, -0.15) is 0 Å². The maximum absolute atomic E-state index is 12.8. The molecular formula is C17H20N4O2S. The second-order valence-electron chi connectivity index (χ2n) is 6.24. The third-order valence-electron chi connectivity index (χ3n) is 4.98. The van der Waals surface area contributed by atoms with Crippen molar-refractivity contribution >= 4 is 22.4 Å². The molecule has 4 rings (SSSR count). The van der Waals surface area contributed by atoms with Gasteiger partial charge in [0.25, 0.3) is 0 Å². The van der Waals surface area contributed by atoms with Crippen LogP contribution in [0.4, 0.5) is 5.13 Å². The average Bonchev–Trinajstić information content (AvgIpc) is 3.31. The van der Waals surface area contributed by atoms with Crippen LogP contribution in [0.25, 0.3) is 0 Å². The van der Waals surface area contributed by atoms with Crippen LogP contribution >= 0.6 is 11.3 Å². The van der Waals surface area contributed by atoms with Crippen LogP contribution in [0.2, 0.25) is 0 Å². The Hall–Kier alpha value is -2.15. The van der Waals surface area contributed by atoms with Gasteiger partial charge in [0, 0.05) is 13.1 Å². The third-order valence-corrected chi connectivity index (χ3v) is 5.71. The van der Waals surface area contributed by atoms with Gasteiger partial charge in [-0.25, -0.2) is 0 Å². The minimum Gasteiger partial charge on any atom is -0.497 e. The van der Waals surface area contributed by atoms with Gasteiger partial charge in [0.05, 0.1) is 25.6 Å². The summed E-state index contributed by atoms with van der Waals surface area (Å²) in [5.41, 5.74) is 2.77. The topological polar surface area (TPSA) is 58.6 Å². The van der Waals surface area contributed by atoms with Crippen molar-refractivity contribution < 1.29 is 9.53 Å². The summed E-state index contributed by atoms with van der Waals surface area (Å²) in [6.07, 6.45) is 2.45. The van der Waals surface area contributed by atoms with Crippen molar-refractivity contribution in [1.29, 1.82) is 0 Å². The summed E-state index contributed by atoms with van der Waals surface area (Å²) in [7, 11) is 1.65. The van der Waals surface area contributed by atoms with Gasteiger partial charge in [0.1, 0.15) is 11.3 Å². The molecule has 0 N–H and O–H groups in total. The molecule has 0 bridgehead atoms. The summed E-state index contributed by atoms with van der Waals surface area (Å²) in [4.78, 5) is 17.2. The van der Waals surface area contributed by atoms with Gasteiger partial charge < -0.3 is 14.5 Å². The first kappa shape index (κ1) is 15.4. The molecule has 2 atom stereocenters. The van der Waals surface area contributed by atoms with Crippen LogP contribution < -0.4 is 9.64 Å². The van der Waals surface area contributed by atoms with E-state index < -0.39 is 0 Å². The predicted octanol–water partition coefficient (Wildman–Crippen LogP) is 1.97. The molecule has 6 nitrogen and oxygen atoms in total. The zero-order chi connectivity index (χ0) is 16.5. The van der Waals surface area contributed by atoms with Crippen molar-refractivity contribution in [2.75, 3.05) is 25.1 Å². The van der Waals surface area contributed by atoms with Crippen LogP contribution in [0.15, 0.2) is 29.8 Å². The number of methoxy groups -OCH3 is 1. The first-order valence-corrected chi connectivity index (χ1v) is 9.09. The highest BCUT2D eigenvalue weighted by atomic mass is 32.1. The first-order chi connectivity index (χ1) is 11.8. The van der Waals surface area contributed by atoms with E-state index in [0.717, 1.165) is 42.4 Å². The summed E-state index contributed by atoms with van der Waals surface area (Å²) < 4.78 is 5.24. The summed E-state index contributed by atoms with van der Waals surface area (Å²) in [6.45, 7) is 1.78. The molecule has 3 heterocycles. The van der Waals surface area contributed by atoms with Gasteiger partial charge in [-0.3, -0.25) is 4.79 Å². The van der Waals surface area contributed by atoms with Gasteiger partial charge >= 0.3 is 0 Å². The SMILES string of the molecule is COc1cccc(CC(=O)N2CC[C@H]3[C@H]2CCN3c2nncs2)c1. The van der Waals surface area contributed by atoms with Gasteiger partial charge in [-0.05, 0) is 30.5 Å². The number of amides is 1. The number of rotatable bonds is 4. The molecule has 2 aromatic rings. The molecule has 0 unspecified atom stereocenters. The standard InChI is InChI=1S/C17H20N4O2S/c1-23-13-4-2-3-12(9-13)10-16(22)20-7-5-15-14(20)6-8-21(15)17-19-18-11-24-17/h2-4,9,11,14-15H,5-8,10H2,1H3/t14-,15+/m1/s1. The van der Waals surface area contributed by atoms with Crippen molar-refractivity contribution in [3.63, 3.8) is 0 Å². The van der Waals surface area contributed by atoms with E-state index in [2.05, 4.69) is 20.0 Å². The van der Waals surface area contributed by atoms with Crippen LogP contribution in [-0.4, -0.2) is 53.3 Å². The van der Waals surface area contributed by atoms with Crippen molar-refractivity contribution in [2.24, 2.45) is 0 Å². The number of aromatic nitrogens is 2. The van der Waals surface area contributed by atoms with Crippen molar-refractivity contribution in [1.82, 2.24) is 15.1 Å². The fourth-order valence-corrected chi connectivity index (χ4v) is 4.53. The molecule has 0 radical (unpaired) electrons. The highest BCUT2D eigenvalue weighted by Crippen LogP contribution is 2.35. The lowest BCUT2D eigenvalue weighted by molar-refractivity contribution is -0.131. The van der Waals surface area contributed by atoms with Gasteiger partial charge in [0.15, 0.2) is 0 Å². The lowest BCUT2D eigenvalue weighted by atomic mass is 10.1. The molecule has 0 saturated carbocycles. The molecule has 2 fully saturated rings. The van der Waals surface area contributed by atoms with E-state index in [0.29, 0.717) is 18.5 Å². The van der Waals surface area contributed by atoms with E-state index >= 15 is 0 Å². The minimum atomic E-state index is 0.204. The van der Waals surface area contributed by atoms with E-state index in [4.69, 9.17) is 4.74 Å². The number of likely N-dealkylation sites (tertiary alicyclic amines) is 1. The lowest BCUT2D eigenvalue weighted by Crippen LogP contribution is -2.40. The third kappa shape index (κ3) is 2.73. The Kier molecular flexibility index (Phi) is 4.10. The molecule has 1 amide bonds. The molecule has 1 aromatic heterocycles. The smallest absolute Gasteiger partial charge is 0.227 e. The monoisotopic (exact) mass is 344 g/mol. The molecule has 0 spiro atoms. The average molecular weight is 344 g/mol. The zero-order valence-electron chi connectivity index (χ0n) is 13.6. The van der Waals surface area contributed by atoms with E-state index in [1.807, 2.05) is 24.3 Å². The second-order valence-corrected chi connectivity index (χ2v) is 7.05. The quantitative estimate of drug-likeness (QED) is 0.849. The number of carbonyl (C=O) groups excluding carboxylic acids is 1. The number of hydrogen-bond acceptors (Lipinski definition) is 6. The molecule has 126 valence electrons. The van der Waals surface area contributed by atoms with Crippen LogP contribution in [0.1, 0.15) is 18.4 Å². The fourth-order valence-electron chi connectivity index (χ4n) is 3.88. The Morgan fingerprint density at radius 1 is 1.33 bits per heavy atom. The number of anilines is 1. The Labute approximate surface area is 145 Å². The highest BCUT2D eigenvalue weighted by molar-refractivity contribution is 7.13. The molecule has 7 heteroatoms. The molecule has 24 heavy (non-hydrogen) atoms. The molecule has 0 aliphatic carbocycles. The van der Waals surface area contributed by atoms with E-state index in [9.17, 15) is 4.79 Å². The maximum Gasteiger partial charge on any atom is 0.227 e. The van der Waals surface area contributed by atoms with E-state index in [1.54, 1.807) is 24.0 Å². The number of fused-ring (bicyclic) bond motifs is 1. The van der Waals surface area contributed by atoms with E-state index in [-0.39, 0.29) is 5.91 Å². The molecule has 2 aliphatic heterocycles. The van der Waals surface area contributed by atoms with Gasteiger partial charge in [0.2, 0.25) is 11.0 Å². The summed E-state index contributed by atoms with van der Waals surface area (Å²) in [6, 6.07) is 8.43. The minimum absolute atomic E-state index is 0.204. The molecule has 2 aliphatic rings. The Morgan fingerprint density at radius 3 is 3.00 bits per heavy atom. The summed E-state index contributed by atoms with van der Waals surface area (Å²) in [5, 5.41) is 9.11. The first-order valence-electron chi connectivity index (χ1n) is 8.21. The number of hydrogen-bond donors (Lipinski definition) is 0. The normalized spacial score (nSPS) is 22.7.